The molecular weight excluding hydrogens is 470 g/mol. The molecule has 0 spiro atoms. The van der Waals surface area contributed by atoms with Gasteiger partial charge in [-0.25, -0.2) is 9.36 Å². The minimum Gasteiger partial charge on any atom is -0.494 e. The highest BCUT2D eigenvalue weighted by molar-refractivity contribution is 5.99. The van der Waals surface area contributed by atoms with Crippen LogP contribution in [0.4, 0.5) is 4.79 Å². The Bertz CT molecular complexity index is 1320. The molecule has 0 atom stereocenters. The van der Waals surface area contributed by atoms with Crippen LogP contribution in [0.25, 0.3) is 17.0 Å². The molecule has 2 aliphatic heterocycles. The number of ether oxygens (including phenoxy) is 2. The molecule has 0 aliphatic carbocycles. The van der Waals surface area contributed by atoms with Gasteiger partial charge in [-0.2, -0.15) is 0 Å². The second kappa shape index (κ2) is 10.4. The van der Waals surface area contributed by atoms with Crippen molar-refractivity contribution < 1.29 is 24.2 Å². The van der Waals surface area contributed by atoms with Crippen LogP contribution in [-0.4, -0.2) is 77.5 Å². The molecule has 0 bridgehead atoms. The number of aromatic nitrogens is 1. The zero-order valence-corrected chi connectivity index (χ0v) is 21.4. The lowest BCUT2D eigenvalue weighted by molar-refractivity contribution is 0.0358. The maximum Gasteiger partial charge on any atom is 0.416 e. The van der Waals surface area contributed by atoms with E-state index >= 15 is 0 Å². The SMILES string of the molecule is CC1(C)CN(C(=O)c2ccc(OCCCN3CCOCC3)cc2)C=Cc2c1c1ccccc1n2C(=O)O. The Hall–Kier alpha value is -3.62. The third-order valence-electron chi connectivity index (χ3n) is 7.11. The van der Waals surface area contributed by atoms with Gasteiger partial charge >= 0.3 is 6.09 Å². The topological polar surface area (TPSA) is 84.2 Å². The normalized spacial score (nSPS) is 17.4. The van der Waals surface area contributed by atoms with E-state index in [0.29, 0.717) is 29.9 Å². The lowest BCUT2D eigenvalue weighted by atomic mass is 9.82. The number of hydrogen-bond donors (Lipinski definition) is 1. The van der Waals surface area contributed by atoms with Crippen molar-refractivity contribution in [1.29, 1.82) is 0 Å². The molecule has 2 aromatic carbocycles. The van der Waals surface area contributed by atoms with Crippen LogP contribution in [0.1, 0.15) is 41.9 Å². The minimum absolute atomic E-state index is 0.139. The Balaban J connectivity index is 1.29. The van der Waals surface area contributed by atoms with Crippen molar-refractivity contribution in [2.45, 2.75) is 25.7 Å². The highest BCUT2D eigenvalue weighted by atomic mass is 16.5. The summed E-state index contributed by atoms with van der Waals surface area (Å²) in [5.41, 5.74) is 2.25. The van der Waals surface area contributed by atoms with Crippen LogP contribution in [0.2, 0.25) is 0 Å². The smallest absolute Gasteiger partial charge is 0.416 e. The number of morpholine rings is 1. The second-order valence-electron chi connectivity index (χ2n) is 10.2. The monoisotopic (exact) mass is 503 g/mol. The van der Waals surface area contributed by atoms with Crippen molar-refractivity contribution in [3.63, 3.8) is 0 Å². The molecule has 0 radical (unpaired) electrons. The summed E-state index contributed by atoms with van der Waals surface area (Å²) in [6.07, 6.45) is 3.33. The first-order chi connectivity index (χ1) is 17.8. The van der Waals surface area contributed by atoms with Gasteiger partial charge in [-0.1, -0.05) is 32.0 Å². The summed E-state index contributed by atoms with van der Waals surface area (Å²) < 4.78 is 12.6. The molecular formula is C29H33N3O5. The number of amides is 1. The summed E-state index contributed by atoms with van der Waals surface area (Å²) in [6.45, 7) is 9.65. The van der Waals surface area contributed by atoms with Crippen molar-refractivity contribution in [2.75, 3.05) is 46.0 Å². The Morgan fingerprint density at radius 3 is 2.51 bits per heavy atom. The Kier molecular flexibility index (Phi) is 7.04. The summed E-state index contributed by atoms with van der Waals surface area (Å²) in [5.74, 6) is 0.596. The lowest BCUT2D eigenvalue weighted by Gasteiger charge is -2.30. The third-order valence-corrected chi connectivity index (χ3v) is 7.11. The molecule has 1 N–H and O–H groups in total. The molecule has 1 saturated heterocycles. The van der Waals surface area contributed by atoms with Crippen molar-refractivity contribution >= 4 is 29.0 Å². The average Bonchev–Trinajstić information content (AvgIpc) is 3.18. The zero-order chi connectivity index (χ0) is 26.0. The highest BCUT2D eigenvalue weighted by Gasteiger charge is 2.35. The van der Waals surface area contributed by atoms with Gasteiger partial charge in [-0.3, -0.25) is 9.69 Å². The van der Waals surface area contributed by atoms with Crippen molar-refractivity contribution in [3.05, 3.63) is 71.6 Å². The van der Waals surface area contributed by atoms with E-state index in [1.54, 1.807) is 29.3 Å². The molecule has 2 aliphatic rings. The van der Waals surface area contributed by atoms with E-state index in [1.165, 1.54) is 4.57 Å². The van der Waals surface area contributed by atoms with E-state index in [-0.39, 0.29) is 5.91 Å². The average molecular weight is 504 g/mol. The van der Waals surface area contributed by atoms with Crippen LogP contribution in [0.15, 0.2) is 54.7 Å². The van der Waals surface area contributed by atoms with Gasteiger partial charge in [-0.05, 0) is 48.4 Å². The van der Waals surface area contributed by atoms with Gasteiger partial charge in [0.2, 0.25) is 0 Å². The van der Waals surface area contributed by atoms with Gasteiger partial charge in [0.05, 0.1) is 31.0 Å². The summed E-state index contributed by atoms with van der Waals surface area (Å²) in [7, 11) is 0. The maximum atomic E-state index is 13.4. The fourth-order valence-corrected chi connectivity index (χ4v) is 5.35. The molecule has 194 valence electrons. The number of carbonyl (C=O) groups excluding carboxylic acids is 1. The molecule has 5 rings (SSSR count). The van der Waals surface area contributed by atoms with E-state index < -0.39 is 11.5 Å². The first-order valence-corrected chi connectivity index (χ1v) is 12.7. The van der Waals surface area contributed by atoms with E-state index in [0.717, 1.165) is 56.0 Å². The van der Waals surface area contributed by atoms with E-state index in [4.69, 9.17) is 9.47 Å². The van der Waals surface area contributed by atoms with Gasteiger partial charge in [0.1, 0.15) is 5.75 Å². The van der Waals surface area contributed by atoms with Gasteiger partial charge in [0.25, 0.3) is 5.91 Å². The van der Waals surface area contributed by atoms with E-state index in [9.17, 15) is 14.7 Å². The standard InChI is InChI=1S/C29H33N3O5/c1-29(2)20-31(14-12-25-26(29)23-6-3-4-7-24(23)32(25)28(34)35)27(33)21-8-10-22(11-9-21)37-17-5-13-30-15-18-36-19-16-30/h3-4,6-12,14H,5,13,15-20H2,1-2H3,(H,34,35). The third kappa shape index (κ3) is 5.12. The van der Waals surface area contributed by atoms with Crippen LogP contribution >= 0.6 is 0 Å². The van der Waals surface area contributed by atoms with Crippen molar-refractivity contribution in [2.24, 2.45) is 0 Å². The van der Waals surface area contributed by atoms with Gasteiger partial charge < -0.3 is 19.5 Å². The minimum atomic E-state index is -1.04. The number of carbonyl (C=O) groups is 2. The summed E-state index contributed by atoms with van der Waals surface area (Å²) in [5, 5.41) is 10.8. The number of benzene rings is 2. The van der Waals surface area contributed by atoms with E-state index in [1.807, 2.05) is 50.2 Å². The van der Waals surface area contributed by atoms with Gasteiger partial charge in [0, 0.05) is 48.7 Å². The summed E-state index contributed by atoms with van der Waals surface area (Å²) in [4.78, 5) is 29.6. The van der Waals surface area contributed by atoms with Crippen LogP contribution in [0.5, 0.6) is 5.75 Å². The predicted octanol–water partition coefficient (Wildman–Crippen LogP) is 4.67. The maximum absolute atomic E-state index is 13.4. The molecule has 1 amide bonds. The van der Waals surface area contributed by atoms with E-state index in [2.05, 4.69) is 4.90 Å². The van der Waals surface area contributed by atoms with Gasteiger partial charge in [0.15, 0.2) is 0 Å². The number of para-hydroxylation sites is 1. The lowest BCUT2D eigenvalue weighted by Crippen LogP contribution is -2.37. The van der Waals surface area contributed by atoms with Crippen LogP contribution < -0.4 is 4.74 Å². The van der Waals surface area contributed by atoms with Crippen LogP contribution in [-0.2, 0) is 10.2 Å². The molecule has 37 heavy (non-hydrogen) atoms. The first-order valence-electron chi connectivity index (χ1n) is 12.7. The molecule has 0 saturated carbocycles. The predicted molar refractivity (Wildman–Crippen MR) is 142 cm³/mol. The van der Waals surface area contributed by atoms with Crippen molar-refractivity contribution in [3.8, 4) is 5.75 Å². The number of carboxylic acid groups (broad SMARTS) is 1. The molecule has 3 aromatic rings. The fourth-order valence-electron chi connectivity index (χ4n) is 5.35. The molecule has 1 fully saturated rings. The largest absolute Gasteiger partial charge is 0.494 e. The summed E-state index contributed by atoms with van der Waals surface area (Å²) in [6, 6.07) is 14.7. The molecule has 8 nitrogen and oxygen atoms in total. The number of rotatable bonds is 6. The first kappa shape index (κ1) is 25.0. The summed E-state index contributed by atoms with van der Waals surface area (Å²) >= 11 is 0. The highest BCUT2D eigenvalue weighted by Crippen LogP contribution is 2.39. The number of fused-ring (bicyclic) bond motifs is 3. The Morgan fingerprint density at radius 2 is 1.78 bits per heavy atom. The Morgan fingerprint density at radius 1 is 1.05 bits per heavy atom. The molecule has 8 heteroatoms. The Labute approximate surface area is 216 Å². The van der Waals surface area contributed by atoms with Crippen LogP contribution in [0, 0.1) is 0 Å². The van der Waals surface area contributed by atoms with Crippen molar-refractivity contribution in [1.82, 2.24) is 14.4 Å². The second-order valence-corrected chi connectivity index (χ2v) is 10.2. The fraction of sp³-hybridized carbons (Fsp3) is 0.379. The molecule has 1 aromatic heterocycles. The number of hydrogen-bond acceptors (Lipinski definition) is 5. The molecule has 3 heterocycles. The quantitative estimate of drug-likeness (QED) is 0.492. The van der Waals surface area contributed by atoms with Gasteiger partial charge in [-0.15, -0.1) is 0 Å². The molecule has 0 unspecified atom stereocenters. The van der Waals surface area contributed by atoms with Crippen LogP contribution in [0.3, 0.4) is 0 Å². The zero-order valence-electron chi connectivity index (χ0n) is 21.4. The number of nitrogens with zero attached hydrogens (tertiary/aromatic N) is 3.